The summed E-state index contributed by atoms with van der Waals surface area (Å²) >= 11 is 0. The fourth-order valence-corrected chi connectivity index (χ4v) is 2.84. The molecule has 1 atom stereocenters. The van der Waals surface area contributed by atoms with Crippen molar-refractivity contribution >= 4 is 6.09 Å². The van der Waals surface area contributed by atoms with Crippen LogP contribution in [0.25, 0.3) is 0 Å². The number of nitrogens with zero attached hydrogens (tertiary/aromatic N) is 2. The zero-order valence-electron chi connectivity index (χ0n) is 13.9. The monoisotopic (exact) mass is 318 g/mol. The first-order chi connectivity index (χ1) is 10.8. The van der Waals surface area contributed by atoms with Crippen molar-refractivity contribution in [2.24, 2.45) is 5.92 Å². The smallest absolute Gasteiger partial charge is 0.410 e. The highest BCUT2D eigenvalue weighted by atomic mass is 19.1. The van der Waals surface area contributed by atoms with Gasteiger partial charge in [-0.2, -0.15) is 5.26 Å². The SMILES string of the molecule is CC(C)(C)OC(=O)N1CCCC(Cc2ccc(F)c(C#N)c2)C1. The number of hydrogen-bond donors (Lipinski definition) is 0. The van der Waals surface area contributed by atoms with Crippen LogP contribution < -0.4 is 0 Å². The number of rotatable bonds is 2. The molecule has 0 saturated carbocycles. The third-order valence-electron chi connectivity index (χ3n) is 3.85. The summed E-state index contributed by atoms with van der Waals surface area (Å²) in [5, 5.41) is 8.91. The van der Waals surface area contributed by atoms with Gasteiger partial charge in [0.1, 0.15) is 17.5 Å². The summed E-state index contributed by atoms with van der Waals surface area (Å²) in [6.07, 6.45) is 2.39. The molecule has 0 aromatic heterocycles. The number of hydrogen-bond acceptors (Lipinski definition) is 3. The maximum absolute atomic E-state index is 13.4. The molecule has 23 heavy (non-hydrogen) atoms. The molecule has 4 nitrogen and oxygen atoms in total. The molecular formula is C18H23FN2O2. The number of likely N-dealkylation sites (tertiary alicyclic amines) is 1. The molecular weight excluding hydrogens is 295 g/mol. The molecule has 1 amide bonds. The van der Waals surface area contributed by atoms with E-state index in [2.05, 4.69) is 0 Å². The average Bonchev–Trinajstić information content (AvgIpc) is 2.48. The molecule has 1 saturated heterocycles. The molecule has 0 spiro atoms. The molecule has 1 fully saturated rings. The van der Waals surface area contributed by atoms with Crippen molar-refractivity contribution in [1.29, 1.82) is 5.26 Å². The predicted octanol–water partition coefficient (Wildman–Crippen LogP) is 3.89. The summed E-state index contributed by atoms with van der Waals surface area (Å²) in [6.45, 7) is 6.91. The lowest BCUT2D eigenvalue weighted by molar-refractivity contribution is 0.0166. The van der Waals surface area contributed by atoms with E-state index in [4.69, 9.17) is 10.00 Å². The van der Waals surface area contributed by atoms with Gasteiger partial charge >= 0.3 is 6.09 Å². The standard InChI is InChI=1S/C18H23FN2O2/c1-18(2,3)23-17(22)21-8-4-5-14(12-21)9-13-6-7-16(19)15(10-13)11-20/h6-7,10,14H,4-5,8-9,12H2,1-3H3. The number of benzene rings is 1. The topological polar surface area (TPSA) is 53.3 Å². The number of ether oxygens (including phenoxy) is 1. The van der Waals surface area contributed by atoms with E-state index < -0.39 is 11.4 Å². The quantitative estimate of drug-likeness (QED) is 0.831. The van der Waals surface area contributed by atoms with Crippen LogP contribution in [0.5, 0.6) is 0 Å². The number of carbonyl (C=O) groups excluding carboxylic acids is 1. The van der Waals surface area contributed by atoms with Gasteiger partial charge in [0.25, 0.3) is 0 Å². The number of nitriles is 1. The van der Waals surface area contributed by atoms with Crippen molar-refractivity contribution in [3.8, 4) is 6.07 Å². The highest BCUT2D eigenvalue weighted by molar-refractivity contribution is 5.68. The Morgan fingerprint density at radius 3 is 2.87 bits per heavy atom. The fourth-order valence-electron chi connectivity index (χ4n) is 2.84. The third-order valence-corrected chi connectivity index (χ3v) is 3.85. The van der Waals surface area contributed by atoms with Crippen LogP contribution in [0.4, 0.5) is 9.18 Å². The molecule has 0 radical (unpaired) electrons. The van der Waals surface area contributed by atoms with Crippen LogP contribution in [0, 0.1) is 23.1 Å². The molecule has 1 unspecified atom stereocenters. The van der Waals surface area contributed by atoms with Gasteiger partial charge in [0.05, 0.1) is 5.56 Å². The summed E-state index contributed by atoms with van der Waals surface area (Å²) in [5.74, 6) is -0.191. The maximum Gasteiger partial charge on any atom is 0.410 e. The van der Waals surface area contributed by atoms with Crippen LogP contribution in [0.3, 0.4) is 0 Å². The Hall–Kier alpha value is -2.09. The lowest BCUT2D eigenvalue weighted by atomic mass is 9.91. The van der Waals surface area contributed by atoms with Gasteiger partial charge in [-0.05, 0) is 63.6 Å². The van der Waals surface area contributed by atoms with Crippen molar-refractivity contribution < 1.29 is 13.9 Å². The van der Waals surface area contributed by atoms with E-state index >= 15 is 0 Å². The Morgan fingerprint density at radius 1 is 1.48 bits per heavy atom. The Morgan fingerprint density at radius 2 is 2.22 bits per heavy atom. The van der Waals surface area contributed by atoms with Gasteiger partial charge < -0.3 is 9.64 Å². The van der Waals surface area contributed by atoms with Gasteiger partial charge in [0.2, 0.25) is 0 Å². The normalized spacial score (nSPS) is 18.4. The first-order valence-electron chi connectivity index (χ1n) is 7.95. The highest BCUT2D eigenvalue weighted by Gasteiger charge is 2.27. The van der Waals surface area contributed by atoms with Gasteiger partial charge in [-0.3, -0.25) is 0 Å². The molecule has 1 aromatic rings. The van der Waals surface area contributed by atoms with Crippen molar-refractivity contribution in [3.05, 3.63) is 35.1 Å². The molecule has 1 aliphatic heterocycles. The largest absolute Gasteiger partial charge is 0.444 e. The van der Waals surface area contributed by atoms with Crippen molar-refractivity contribution in [3.63, 3.8) is 0 Å². The van der Waals surface area contributed by atoms with E-state index in [1.165, 1.54) is 6.07 Å². The lowest BCUT2D eigenvalue weighted by Gasteiger charge is -2.34. The molecule has 5 heteroatoms. The van der Waals surface area contributed by atoms with Crippen molar-refractivity contribution in [1.82, 2.24) is 4.90 Å². The van der Waals surface area contributed by atoms with Crippen molar-refractivity contribution in [2.75, 3.05) is 13.1 Å². The number of halogens is 1. The second kappa shape index (κ2) is 6.99. The first kappa shape index (κ1) is 17.3. The van der Waals surface area contributed by atoms with Crippen LogP contribution in [-0.4, -0.2) is 29.7 Å². The van der Waals surface area contributed by atoms with Gasteiger partial charge in [-0.15, -0.1) is 0 Å². The molecule has 1 aromatic carbocycles. The summed E-state index contributed by atoms with van der Waals surface area (Å²) in [6, 6.07) is 6.51. The second-order valence-corrected chi connectivity index (χ2v) is 7.06. The van der Waals surface area contributed by atoms with E-state index in [-0.39, 0.29) is 11.7 Å². The first-order valence-corrected chi connectivity index (χ1v) is 7.95. The predicted molar refractivity (Wildman–Crippen MR) is 85.4 cm³/mol. The molecule has 2 rings (SSSR count). The molecule has 0 bridgehead atoms. The zero-order valence-corrected chi connectivity index (χ0v) is 13.9. The maximum atomic E-state index is 13.4. The fraction of sp³-hybridized carbons (Fsp3) is 0.556. The van der Waals surface area contributed by atoms with Gasteiger partial charge in [0.15, 0.2) is 0 Å². The number of amides is 1. The Balaban J connectivity index is 1.99. The van der Waals surface area contributed by atoms with Crippen LogP contribution in [0.1, 0.15) is 44.7 Å². The van der Waals surface area contributed by atoms with E-state index in [1.807, 2.05) is 26.8 Å². The minimum Gasteiger partial charge on any atom is -0.444 e. The van der Waals surface area contributed by atoms with Crippen LogP contribution in [0.2, 0.25) is 0 Å². The number of carbonyl (C=O) groups is 1. The van der Waals surface area contributed by atoms with E-state index in [0.717, 1.165) is 24.8 Å². The third kappa shape index (κ3) is 4.95. The van der Waals surface area contributed by atoms with E-state index in [9.17, 15) is 9.18 Å². The van der Waals surface area contributed by atoms with Crippen molar-refractivity contribution in [2.45, 2.75) is 45.6 Å². The number of piperidine rings is 1. The van der Waals surface area contributed by atoms with Crippen LogP contribution in [-0.2, 0) is 11.2 Å². The molecule has 0 aliphatic carbocycles. The Bertz CT molecular complexity index is 616. The minimum atomic E-state index is -0.497. The summed E-state index contributed by atoms with van der Waals surface area (Å²) < 4.78 is 18.8. The van der Waals surface area contributed by atoms with E-state index in [0.29, 0.717) is 19.0 Å². The Labute approximate surface area is 136 Å². The molecule has 1 heterocycles. The zero-order chi connectivity index (χ0) is 17.0. The summed E-state index contributed by atoms with van der Waals surface area (Å²) in [4.78, 5) is 13.9. The Kier molecular flexibility index (Phi) is 5.25. The molecule has 124 valence electrons. The van der Waals surface area contributed by atoms with Gasteiger partial charge in [0, 0.05) is 13.1 Å². The van der Waals surface area contributed by atoms with Crippen LogP contribution >= 0.6 is 0 Å². The molecule has 1 aliphatic rings. The summed E-state index contributed by atoms with van der Waals surface area (Å²) in [7, 11) is 0. The molecule has 0 N–H and O–H groups in total. The summed E-state index contributed by atoms with van der Waals surface area (Å²) in [5.41, 5.74) is 0.504. The second-order valence-electron chi connectivity index (χ2n) is 7.06. The van der Waals surface area contributed by atoms with Crippen LogP contribution in [0.15, 0.2) is 18.2 Å². The average molecular weight is 318 g/mol. The van der Waals surface area contributed by atoms with Gasteiger partial charge in [-0.25, -0.2) is 9.18 Å². The van der Waals surface area contributed by atoms with E-state index in [1.54, 1.807) is 17.0 Å². The highest BCUT2D eigenvalue weighted by Crippen LogP contribution is 2.23. The van der Waals surface area contributed by atoms with Gasteiger partial charge in [-0.1, -0.05) is 6.07 Å². The minimum absolute atomic E-state index is 0.0716. The lowest BCUT2D eigenvalue weighted by Crippen LogP contribution is -2.43.